The van der Waals surface area contributed by atoms with Crippen LogP contribution < -0.4 is 20.3 Å². The number of rotatable bonds is 6. The molecule has 0 atom stereocenters. The molecule has 7 nitrogen and oxygen atoms in total. The molecule has 0 spiro atoms. The van der Waals surface area contributed by atoms with Crippen LogP contribution >= 0.6 is 0 Å². The van der Waals surface area contributed by atoms with E-state index < -0.39 is 0 Å². The number of nitrogens with one attached hydrogen (secondary N) is 2. The van der Waals surface area contributed by atoms with Gasteiger partial charge < -0.3 is 20.3 Å². The molecule has 1 aliphatic heterocycles. The summed E-state index contributed by atoms with van der Waals surface area (Å²) in [5.74, 6) is 0.149. The molecular weight excluding hydrogens is 346 g/mol. The number of amides is 3. The molecule has 1 aliphatic rings. The van der Waals surface area contributed by atoms with E-state index in [4.69, 9.17) is 4.74 Å². The highest BCUT2D eigenvalue weighted by Gasteiger charge is 2.25. The van der Waals surface area contributed by atoms with Gasteiger partial charge in [-0.3, -0.25) is 14.4 Å². The lowest BCUT2D eigenvalue weighted by molar-refractivity contribution is -0.121. The second-order valence-electron chi connectivity index (χ2n) is 6.08. The number of hydrogen-bond acceptors (Lipinski definition) is 4. The molecule has 7 heteroatoms. The van der Waals surface area contributed by atoms with Gasteiger partial charge in [-0.15, -0.1) is 0 Å². The molecule has 2 aromatic carbocycles. The van der Waals surface area contributed by atoms with Crippen molar-refractivity contribution in [1.29, 1.82) is 0 Å². The molecule has 140 valence electrons. The van der Waals surface area contributed by atoms with Gasteiger partial charge in [-0.1, -0.05) is 25.1 Å². The largest absolute Gasteiger partial charge is 0.482 e. The zero-order chi connectivity index (χ0) is 19.2. The SMILES string of the molecule is CCC(=O)Nc1cccc(NC(=O)CCN2C(=O)COc3ccccc32)c1. The maximum Gasteiger partial charge on any atom is 0.265 e. The van der Waals surface area contributed by atoms with Gasteiger partial charge in [0.1, 0.15) is 5.75 Å². The molecule has 1 heterocycles. The lowest BCUT2D eigenvalue weighted by Crippen LogP contribution is -2.40. The Labute approximate surface area is 157 Å². The molecule has 0 aliphatic carbocycles. The Morgan fingerprint density at radius 1 is 1.04 bits per heavy atom. The first-order chi connectivity index (χ1) is 13.1. The third-order valence-corrected chi connectivity index (χ3v) is 4.12. The van der Waals surface area contributed by atoms with Crippen LogP contribution in [0.2, 0.25) is 0 Å². The zero-order valence-electron chi connectivity index (χ0n) is 15.0. The quantitative estimate of drug-likeness (QED) is 0.822. The standard InChI is InChI=1S/C20H21N3O4/c1-2-18(24)21-14-6-5-7-15(12-14)22-19(25)10-11-23-16-8-3-4-9-17(16)27-13-20(23)26/h3-9,12H,2,10-11,13H2,1H3,(H,21,24)(H,22,25). The fourth-order valence-corrected chi connectivity index (χ4v) is 2.76. The van der Waals surface area contributed by atoms with Gasteiger partial charge in [-0.2, -0.15) is 0 Å². The third kappa shape index (κ3) is 4.63. The smallest absolute Gasteiger partial charge is 0.265 e. The van der Waals surface area contributed by atoms with Crippen LogP contribution in [0, 0.1) is 0 Å². The average Bonchev–Trinajstić information content (AvgIpc) is 2.67. The predicted octanol–water partition coefficient (Wildman–Crippen LogP) is 2.79. The summed E-state index contributed by atoms with van der Waals surface area (Å²) in [4.78, 5) is 37.5. The summed E-state index contributed by atoms with van der Waals surface area (Å²) in [5.41, 5.74) is 1.88. The van der Waals surface area contributed by atoms with Crippen LogP contribution in [0.25, 0.3) is 0 Å². The van der Waals surface area contributed by atoms with Crippen molar-refractivity contribution in [2.75, 3.05) is 28.7 Å². The molecule has 0 unspecified atom stereocenters. The first-order valence-corrected chi connectivity index (χ1v) is 8.79. The molecule has 3 rings (SSSR count). The van der Waals surface area contributed by atoms with Gasteiger partial charge in [-0.05, 0) is 30.3 Å². The van der Waals surface area contributed by atoms with E-state index in [-0.39, 0.29) is 37.3 Å². The molecule has 2 aromatic rings. The van der Waals surface area contributed by atoms with E-state index in [0.717, 1.165) is 0 Å². The highest BCUT2D eigenvalue weighted by atomic mass is 16.5. The second-order valence-corrected chi connectivity index (χ2v) is 6.08. The number of para-hydroxylation sites is 2. The third-order valence-electron chi connectivity index (χ3n) is 4.12. The fraction of sp³-hybridized carbons (Fsp3) is 0.250. The second kappa shape index (κ2) is 8.35. The minimum Gasteiger partial charge on any atom is -0.482 e. The molecule has 27 heavy (non-hydrogen) atoms. The summed E-state index contributed by atoms with van der Waals surface area (Å²) in [6.45, 7) is 2.00. The van der Waals surface area contributed by atoms with Gasteiger partial charge >= 0.3 is 0 Å². The lowest BCUT2D eigenvalue weighted by Gasteiger charge is -2.29. The van der Waals surface area contributed by atoms with Crippen LogP contribution in [0.1, 0.15) is 19.8 Å². The predicted molar refractivity (Wildman–Crippen MR) is 103 cm³/mol. The van der Waals surface area contributed by atoms with E-state index in [9.17, 15) is 14.4 Å². The topological polar surface area (TPSA) is 87.7 Å². The van der Waals surface area contributed by atoms with Crippen molar-refractivity contribution >= 4 is 34.8 Å². The first-order valence-electron chi connectivity index (χ1n) is 8.79. The number of fused-ring (bicyclic) bond motifs is 1. The first kappa shape index (κ1) is 18.4. The van der Waals surface area contributed by atoms with Crippen molar-refractivity contribution in [3.05, 3.63) is 48.5 Å². The van der Waals surface area contributed by atoms with Crippen molar-refractivity contribution in [3.63, 3.8) is 0 Å². The summed E-state index contributed by atoms with van der Waals surface area (Å²) in [7, 11) is 0. The molecule has 0 radical (unpaired) electrons. The molecule has 0 aromatic heterocycles. The van der Waals surface area contributed by atoms with Crippen molar-refractivity contribution in [2.45, 2.75) is 19.8 Å². The van der Waals surface area contributed by atoms with Gasteiger partial charge in [-0.25, -0.2) is 0 Å². The van der Waals surface area contributed by atoms with Crippen LogP contribution in [0.3, 0.4) is 0 Å². The van der Waals surface area contributed by atoms with Crippen molar-refractivity contribution in [3.8, 4) is 5.75 Å². The van der Waals surface area contributed by atoms with E-state index >= 15 is 0 Å². The van der Waals surface area contributed by atoms with Crippen molar-refractivity contribution < 1.29 is 19.1 Å². The van der Waals surface area contributed by atoms with Gasteiger partial charge in [0.05, 0.1) is 5.69 Å². The summed E-state index contributed by atoms with van der Waals surface area (Å²) in [5, 5.41) is 5.54. The number of benzene rings is 2. The maximum atomic E-state index is 12.3. The molecule has 0 fully saturated rings. The van der Waals surface area contributed by atoms with Crippen LogP contribution in [-0.2, 0) is 14.4 Å². The Hall–Kier alpha value is -3.35. The highest BCUT2D eigenvalue weighted by Crippen LogP contribution is 2.31. The lowest BCUT2D eigenvalue weighted by atomic mass is 10.2. The number of nitrogens with zero attached hydrogens (tertiary/aromatic N) is 1. The van der Waals surface area contributed by atoms with Crippen molar-refractivity contribution in [2.24, 2.45) is 0 Å². The minimum absolute atomic E-state index is 0.0300. The van der Waals surface area contributed by atoms with Gasteiger partial charge in [0, 0.05) is 30.8 Å². The zero-order valence-corrected chi connectivity index (χ0v) is 15.0. The number of carbonyl (C=O) groups is 3. The van der Waals surface area contributed by atoms with E-state index in [0.29, 0.717) is 29.2 Å². The Bertz CT molecular complexity index is 866. The van der Waals surface area contributed by atoms with Crippen LogP contribution in [0.15, 0.2) is 48.5 Å². The average molecular weight is 367 g/mol. The number of carbonyl (C=O) groups excluding carboxylic acids is 3. The molecule has 0 saturated carbocycles. The Balaban J connectivity index is 1.60. The summed E-state index contributed by atoms with van der Waals surface area (Å²) in [6, 6.07) is 14.2. The number of anilines is 3. The Kier molecular flexibility index (Phi) is 5.71. The van der Waals surface area contributed by atoms with Crippen molar-refractivity contribution in [1.82, 2.24) is 0 Å². The molecule has 0 bridgehead atoms. The summed E-state index contributed by atoms with van der Waals surface area (Å²) >= 11 is 0. The van der Waals surface area contributed by atoms with Gasteiger partial charge in [0.25, 0.3) is 5.91 Å². The Morgan fingerprint density at radius 2 is 1.74 bits per heavy atom. The number of ether oxygens (including phenoxy) is 1. The molecular formula is C20H21N3O4. The fourth-order valence-electron chi connectivity index (χ4n) is 2.76. The van der Waals surface area contributed by atoms with E-state index in [1.807, 2.05) is 12.1 Å². The molecule has 0 saturated heterocycles. The van der Waals surface area contributed by atoms with Crippen LogP contribution in [0.5, 0.6) is 5.75 Å². The van der Waals surface area contributed by atoms with Crippen LogP contribution in [-0.4, -0.2) is 30.9 Å². The molecule has 3 amide bonds. The Morgan fingerprint density at radius 3 is 2.48 bits per heavy atom. The van der Waals surface area contributed by atoms with Crippen LogP contribution in [0.4, 0.5) is 17.1 Å². The number of hydrogen-bond donors (Lipinski definition) is 2. The van der Waals surface area contributed by atoms with Gasteiger partial charge in [0.15, 0.2) is 6.61 Å². The van der Waals surface area contributed by atoms with E-state index in [2.05, 4.69) is 10.6 Å². The van der Waals surface area contributed by atoms with Gasteiger partial charge in [0.2, 0.25) is 11.8 Å². The minimum atomic E-state index is -0.217. The highest BCUT2D eigenvalue weighted by molar-refractivity contribution is 5.99. The summed E-state index contributed by atoms with van der Waals surface area (Å²) in [6.07, 6.45) is 0.525. The monoisotopic (exact) mass is 367 g/mol. The maximum absolute atomic E-state index is 12.3. The summed E-state index contributed by atoms with van der Waals surface area (Å²) < 4.78 is 5.40. The normalized spacial score (nSPS) is 12.8. The molecule has 2 N–H and O–H groups in total. The van der Waals surface area contributed by atoms with E-state index in [1.54, 1.807) is 48.2 Å². The van der Waals surface area contributed by atoms with E-state index in [1.165, 1.54) is 0 Å².